The van der Waals surface area contributed by atoms with Gasteiger partial charge in [0.2, 0.25) is 11.8 Å². The summed E-state index contributed by atoms with van der Waals surface area (Å²) in [4.78, 5) is 64.2. The average Bonchev–Trinajstić information content (AvgIpc) is 3.72. The molecule has 3 aliphatic heterocycles. The number of imidazole rings is 1. The molecule has 3 amide bonds. The van der Waals surface area contributed by atoms with E-state index in [1.54, 1.807) is 42.2 Å². The second-order valence-corrected chi connectivity index (χ2v) is 17.2. The van der Waals surface area contributed by atoms with Gasteiger partial charge in [0, 0.05) is 44.4 Å². The number of para-hydroxylation sites is 1. The first-order valence-corrected chi connectivity index (χ1v) is 20.4. The lowest BCUT2D eigenvalue weighted by atomic mass is 9.87. The van der Waals surface area contributed by atoms with Crippen LogP contribution in [0.15, 0.2) is 53.3 Å². The number of likely N-dealkylation sites (tertiary alicyclic amines) is 1. The number of nitrogens with zero attached hydrogens (tertiary/aromatic N) is 6. The van der Waals surface area contributed by atoms with Crippen LogP contribution in [-0.2, 0) is 28.4 Å². The quantitative estimate of drug-likeness (QED) is 0.162. The summed E-state index contributed by atoms with van der Waals surface area (Å²) in [5.41, 5.74) is 0.793. The molecule has 17 heteroatoms. The van der Waals surface area contributed by atoms with Crippen LogP contribution in [0.2, 0.25) is 0 Å². The number of benzene rings is 2. The number of hydrogen-bond donors (Lipinski definition) is 3. The van der Waals surface area contributed by atoms with E-state index < -0.39 is 35.3 Å². The number of pyridine rings is 1. The molecule has 3 fully saturated rings. The summed E-state index contributed by atoms with van der Waals surface area (Å²) in [6.45, 7) is 7.66. The van der Waals surface area contributed by atoms with Crippen LogP contribution in [0.4, 0.5) is 24.0 Å². The van der Waals surface area contributed by atoms with Crippen molar-refractivity contribution in [3.05, 3.63) is 81.5 Å². The van der Waals surface area contributed by atoms with Crippen molar-refractivity contribution < 1.29 is 32.7 Å². The molecule has 5 aromatic rings. The molecular formula is C41H45F3N8O5S. The number of aromatic nitrogens is 4. The maximum Gasteiger partial charge on any atom is 0.433 e. The summed E-state index contributed by atoms with van der Waals surface area (Å²) in [5.74, 6) is -0.787. The van der Waals surface area contributed by atoms with E-state index in [9.17, 15) is 37.5 Å². The van der Waals surface area contributed by atoms with Gasteiger partial charge in [-0.2, -0.15) is 13.2 Å². The molecule has 1 atom stereocenters. The number of rotatable bonds is 8. The zero-order valence-corrected chi connectivity index (χ0v) is 33.3. The van der Waals surface area contributed by atoms with E-state index in [0.717, 1.165) is 97.0 Å². The van der Waals surface area contributed by atoms with E-state index in [1.807, 2.05) is 12.1 Å². The van der Waals surface area contributed by atoms with Crippen LogP contribution >= 0.6 is 11.3 Å². The Balaban J connectivity index is 0.897. The standard InChI is InChI=1S/C41H45F3N8O5S/c1-40(2,57)26-20-29-32(21-28(26)46-36(54)27-7-5-9-33(45-27)41(42,43)44)58-38(47-29)51-18-12-23(13-19-51)22-50-16-14-24(15-17-50)25-6-4-8-30-35(25)49(3)39(56)52(30)31-10-11-34(53)48-37(31)55/h4-9,20-21,23-24,31,57H,10-19,22H2,1-3H3,(H,46,54)(H,48,53,55). The van der Waals surface area contributed by atoms with Gasteiger partial charge in [0.1, 0.15) is 17.4 Å². The molecule has 3 saturated heterocycles. The fraction of sp³-hybridized carbons (Fsp3) is 0.463. The first-order valence-electron chi connectivity index (χ1n) is 19.6. The number of carbonyl (C=O) groups is 3. The molecule has 0 radical (unpaired) electrons. The largest absolute Gasteiger partial charge is 0.433 e. The van der Waals surface area contributed by atoms with Crippen molar-refractivity contribution in [2.24, 2.45) is 13.0 Å². The fourth-order valence-electron chi connectivity index (χ4n) is 8.74. The summed E-state index contributed by atoms with van der Waals surface area (Å²) >= 11 is 1.46. The van der Waals surface area contributed by atoms with E-state index >= 15 is 0 Å². The summed E-state index contributed by atoms with van der Waals surface area (Å²) in [5, 5.41) is 16.9. The van der Waals surface area contributed by atoms with Crippen LogP contribution < -0.4 is 21.2 Å². The van der Waals surface area contributed by atoms with Crippen LogP contribution in [0.5, 0.6) is 0 Å². The maximum atomic E-state index is 13.5. The Hall–Kier alpha value is -5.13. The molecule has 58 heavy (non-hydrogen) atoms. The number of fused-ring (bicyclic) bond motifs is 2. The molecule has 0 saturated carbocycles. The molecule has 306 valence electrons. The Kier molecular flexibility index (Phi) is 10.4. The van der Waals surface area contributed by atoms with Crippen LogP contribution in [0.25, 0.3) is 21.3 Å². The van der Waals surface area contributed by atoms with E-state index in [4.69, 9.17) is 4.98 Å². The molecule has 8 rings (SSSR count). The molecule has 0 aliphatic carbocycles. The molecule has 13 nitrogen and oxygen atoms in total. The molecule has 0 spiro atoms. The van der Waals surface area contributed by atoms with Gasteiger partial charge in [0.25, 0.3) is 5.91 Å². The number of halogens is 3. The van der Waals surface area contributed by atoms with Crippen LogP contribution in [0, 0.1) is 5.92 Å². The van der Waals surface area contributed by atoms with Crippen molar-refractivity contribution in [3.63, 3.8) is 0 Å². The summed E-state index contributed by atoms with van der Waals surface area (Å²) in [7, 11) is 1.75. The van der Waals surface area contributed by atoms with Crippen LogP contribution in [-0.4, -0.2) is 79.6 Å². The van der Waals surface area contributed by atoms with E-state index in [1.165, 1.54) is 17.4 Å². The number of aliphatic hydroxyl groups is 1. The molecule has 1 unspecified atom stereocenters. The highest BCUT2D eigenvalue weighted by Gasteiger charge is 2.35. The Morgan fingerprint density at radius 3 is 2.38 bits per heavy atom. The number of thiazole rings is 1. The highest BCUT2D eigenvalue weighted by atomic mass is 32.1. The molecule has 3 aromatic heterocycles. The van der Waals surface area contributed by atoms with Crippen molar-refractivity contribution in [1.82, 2.24) is 29.3 Å². The normalized spacial score (nSPS) is 19.3. The van der Waals surface area contributed by atoms with Crippen molar-refractivity contribution in [2.45, 2.75) is 76.1 Å². The average molecular weight is 819 g/mol. The third-order valence-electron chi connectivity index (χ3n) is 11.8. The number of amides is 3. The minimum atomic E-state index is -4.70. The Morgan fingerprint density at radius 2 is 1.69 bits per heavy atom. The number of aryl methyl sites for hydroxylation is 1. The first kappa shape index (κ1) is 39.7. The topological polar surface area (TPSA) is 155 Å². The molecule has 6 heterocycles. The van der Waals surface area contributed by atoms with E-state index in [-0.39, 0.29) is 35.3 Å². The number of piperidine rings is 3. The number of anilines is 2. The van der Waals surface area contributed by atoms with Gasteiger partial charge in [-0.15, -0.1) is 0 Å². The van der Waals surface area contributed by atoms with Gasteiger partial charge in [0.15, 0.2) is 5.13 Å². The van der Waals surface area contributed by atoms with Gasteiger partial charge in [-0.3, -0.25) is 28.8 Å². The lowest BCUT2D eigenvalue weighted by Crippen LogP contribution is -2.44. The van der Waals surface area contributed by atoms with Crippen molar-refractivity contribution in [3.8, 4) is 0 Å². The number of nitrogens with one attached hydrogen (secondary N) is 2. The van der Waals surface area contributed by atoms with Crippen molar-refractivity contribution >= 4 is 61.1 Å². The predicted molar refractivity (Wildman–Crippen MR) is 214 cm³/mol. The summed E-state index contributed by atoms with van der Waals surface area (Å²) in [6.07, 6.45) is -0.314. The predicted octanol–water partition coefficient (Wildman–Crippen LogP) is 5.92. The highest BCUT2D eigenvalue weighted by molar-refractivity contribution is 7.22. The maximum absolute atomic E-state index is 13.5. The van der Waals surface area contributed by atoms with Crippen LogP contribution in [0.1, 0.15) is 91.6 Å². The molecule has 2 aromatic carbocycles. The smallest absolute Gasteiger partial charge is 0.386 e. The zero-order chi connectivity index (χ0) is 41.1. The Labute approximate surface area is 335 Å². The second kappa shape index (κ2) is 15.2. The Morgan fingerprint density at radius 1 is 0.966 bits per heavy atom. The van der Waals surface area contributed by atoms with Gasteiger partial charge in [0.05, 0.1) is 26.9 Å². The fourth-order valence-corrected chi connectivity index (χ4v) is 9.78. The van der Waals surface area contributed by atoms with Gasteiger partial charge in [-0.1, -0.05) is 29.5 Å². The van der Waals surface area contributed by atoms with Crippen molar-refractivity contribution in [1.29, 1.82) is 0 Å². The van der Waals surface area contributed by atoms with Gasteiger partial charge in [-0.25, -0.2) is 14.8 Å². The second-order valence-electron chi connectivity index (χ2n) is 16.2. The first-order chi connectivity index (χ1) is 27.5. The SMILES string of the molecule is Cn1c(=O)n(C2CCC(=O)NC2=O)c2cccc(C3CCN(CC4CCN(c5nc6cc(C(C)(C)O)c(NC(=O)c7cccc(C(F)(F)F)n7)cc6s5)CC4)CC3)c21. The van der Waals surface area contributed by atoms with Crippen molar-refractivity contribution in [2.75, 3.05) is 42.9 Å². The number of alkyl halides is 3. The number of imide groups is 1. The zero-order valence-electron chi connectivity index (χ0n) is 32.4. The Bertz CT molecular complexity index is 2470. The molecule has 3 N–H and O–H groups in total. The number of carbonyl (C=O) groups excluding carboxylic acids is 3. The van der Waals surface area contributed by atoms with Gasteiger partial charge < -0.3 is 20.2 Å². The minimum Gasteiger partial charge on any atom is -0.386 e. The van der Waals surface area contributed by atoms with E-state index in [2.05, 4.69) is 31.5 Å². The monoisotopic (exact) mass is 818 g/mol. The summed E-state index contributed by atoms with van der Waals surface area (Å²) < 4.78 is 43.7. The highest BCUT2D eigenvalue weighted by Crippen LogP contribution is 2.39. The third kappa shape index (κ3) is 7.74. The van der Waals surface area contributed by atoms with Crippen LogP contribution in [0.3, 0.4) is 0 Å². The number of hydrogen-bond acceptors (Lipinski definition) is 10. The third-order valence-corrected chi connectivity index (χ3v) is 12.9. The lowest BCUT2D eigenvalue weighted by Gasteiger charge is -2.38. The molecular weight excluding hydrogens is 774 g/mol. The van der Waals surface area contributed by atoms with E-state index in [0.29, 0.717) is 23.4 Å². The summed E-state index contributed by atoms with van der Waals surface area (Å²) in [6, 6.07) is 11.8. The molecule has 3 aliphatic rings. The van der Waals surface area contributed by atoms with Gasteiger partial charge in [-0.05, 0) is 107 Å². The minimum absolute atomic E-state index is 0.198. The lowest BCUT2D eigenvalue weighted by molar-refractivity contribution is -0.141. The van der Waals surface area contributed by atoms with Gasteiger partial charge >= 0.3 is 11.9 Å². The molecule has 0 bridgehead atoms.